The molecule has 320 valence electrons. The van der Waals surface area contributed by atoms with E-state index in [1.165, 1.54) is 64.0 Å². The van der Waals surface area contributed by atoms with Crippen molar-refractivity contribution in [3.8, 4) is 32.8 Å². The highest BCUT2D eigenvalue weighted by molar-refractivity contribution is 7.25. The van der Waals surface area contributed by atoms with Crippen LogP contribution < -0.4 is 9.80 Å². The minimum Gasteiger partial charge on any atom is -0.310 e. The lowest BCUT2D eigenvalue weighted by Gasteiger charge is -2.27. The van der Waals surface area contributed by atoms with Crippen molar-refractivity contribution in [1.82, 2.24) is 4.98 Å². The summed E-state index contributed by atoms with van der Waals surface area (Å²) in [6, 6.07) is 90.2. The van der Waals surface area contributed by atoms with E-state index >= 15 is 0 Å². The highest BCUT2D eigenvalue weighted by atomic mass is 32.1. The molecule has 13 aromatic rings. The Kier molecular flexibility index (Phi) is 9.89. The van der Waals surface area contributed by atoms with Crippen LogP contribution in [-0.4, -0.2) is 4.98 Å². The number of rotatable bonds is 9. The maximum absolute atomic E-state index is 5.03. The fourth-order valence-corrected chi connectivity index (χ4v) is 11.8. The summed E-state index contributed by atoms with van der Waals surface area (Å²) in [6.45, 7) is 0. The number of thiophene rings is 1. The molecule has 0 N–H and O–H groups in total. The van der Waals surface area contributed by atoms with Gasteiger partial charge in [-0.1, -0.05) is 158 Å². The molecule has 0 bridgehead atoms. The number of benzene rings is 11. The van der Waals surface area contributed by atoms with Crippen LogP contribution in [0.3, 0.4) is 0 Å². The van der Waals surface area contributed by atoms with E-state index < -0.39 is 0 Å². The fourth-order valence-electron chi connectivity index (χ4n) is 9.70. The molecule has 0 fully saturated rings. The third-order valence-corrected chi connectivity index (χ3v) is 15.3. The van der Waals surface area contributed by atoms with Crippen LogP contribution in [0.25, 0.3) is 84.8 Å². The van der Waals surface area contributed by atoms with E-state index in [9.17, 15) is 0 Å². The van der Waals surface area contributed by atoms with Gasteiger partial charge in [-0.2, -0.15) is 0 Å². The van der Waals surface area contributed by atoms with Gasteiger partial charge >= 0.3 is 0 Å². The summed E-state index contributed by atoms with van der Waals surface area (Å²) in [5.74, 6) is 0. The predicted octanol–water partition coefficient (Wildman–Crippen LogP) is 18.9. The molecule has 0 aliphatic carbocycles. The highest BCUT2D eigenvalue weighted by Gasteiger charge is 2.19. The molecule has 0 aliphatic heterocycles. The quantitative estimate of drug-likeness (QED) is 0.135. The second kappa shape index (κ2) is 16.8. The summed E-state index contributed by atoms with van der Waals surface area (Å²) in [7, 11) is 0. The fraction of sp³-hybridized carbons (Fsp3) is 0. The van der Waals surface area contributed by atoms with E-state index in [1.54, 1.807) is 11.3 Å². The van der Waals surface area contributed by atoms with Gasteiger partial charge in [-0.25, -0.2) is 4.98 Å². The second-order valence-electron chi connectivity index (χ2n) is 17.2. The maximum atomic E-state index is 5.03. The molecular formula is C63H41N3S2. The molecule has 0 amide bonds. The minimum atomic E-state index is 1.00. The number of fused-ring (bicyclic) bond motifs is 7. The van der Waals surface area contributed by atoms with E-state index in [2.05, 4.69) is 259 Å². The SMILES string of the molecule is c1ccc(-c2ccc(N(c3ccc4c(ccc5cc(N(c6ccc(-c7ccccc7)cc6)c6ccc7sc8ccccc8c7c6)ccc54)c3)c3ccc4nc(-c5ccccc5)sc4c3)cc2)cc1. The molecule has 5 heteroatoms. The number of anilines is 6. The molecule has 11 aromatic carbocycles. The van der Waals surface area contributed by atoms with Gasteiger partial charge in [0.15, 0.2) is 0 Å². The van der Waals surface area contributed by atoms with Crippen molar-refractivity contribution in [2.75, 3.05) is 9.80 Å². The molecule has 0 unspecified atom stereocenters. The van der Waals surface area contributed by atoms with E-state index in [0.717, 1.165) is 54.9 Å². The van der Waals surface area contributed by atoms with E-state index in [4.69, 9.17) is 4.98 Å². The molecule has 3 nitrogen and oxygen atoms in total. The average Bonchev–Trinajstić information content (AvgIpc) is 4.01. The molecule has 2 aromatic heterocycles. The lowest BCUT2D eigenvalue weighted by atomic mass is 9.99. The van der Waals surface area contributed by atoms with E-state index in [0.29, 0.717) is 0 Å². The third-order valence-electron chi connectivity index (χ3n) is 13.1. The Morgan fingerprint density at radius 3 is 1.29 bits per heavy atom. The molecule has 2 heterocycles. The van der Waals surface area contributed by atoms with Crippen molar-refractivity contribution in [1.29, 1.82) is 0 Å². The number of hydrogen-bond donors (Lipinski definition) is 0. The zero-order valence-corrected chi connectivity index (χ0v) is 38.5. The van der Waals surface area contributed by atoms with Gasteiger partial charge in [0, 0.05) is 59.9 Å². The lowest BCUT2D eigenvalue weighted by Crippen LogP contribution is -2.10. The van der Waals surface area contributed by atoms with Crippen molar-refractivity contribution in [2.24, 2.45) is 0 Å². The summed E-state index contributed by atoms with van der Waals surface area (Å²) in [5, 5.41) is 8.40. The smallest absolute Gasteiger partial charge is 0.124 e. The lowest BCUT2D eigenvalue weighted by molar-refractivity contribution is 1.29. The van der Waals surface area contributed by atoms with Crippen molar-refractivity contribution in [2.45, 2.75) is 0 Å². The Labute approximate surface area is 402 Å². The average molecular weight is 904 g/mol. The zero-order chi connectivity index (χ0) is 45.0. The van der Waals surface area contributed by atoms with Crippen LogP contribution >= 0.6 is 22.7 Å². The first-order chi connectivity index (χ1) is 33.7. The molecule has 0 spiro atoms. The van der Waals surface area contributed by atoms with Crippen LogP contribution in [0.5, 0.6) is 0 Å². The second-order valence-corrected chi connectivity index (χ2v) is 19.3. The molecule has 0 aliphatic rings. The normalized spacial score (nSPS) is 11.5. The molecule has 68 heavy (non-hydrogen) atoms. The standard InChI is InChI=1S/C63H41N3S2/c1-4-12-42(13-5-1)44-22-26-49(27-23-44)65(53-33-37-61-58(40-53)57-18-10-11-19-60(57)67-61)51-30-34-55-47(38-51)20-21-48-39-52(31-35-56(48)55)66(50-28-24-45(25-29-50)43-14-6-2-7-15-43)54-32-36-59-62(41-54)68-63(64-59)46-16-8-3-9-17-46/h1-41H. The molecule has 0 saturated heterocycles. The molecule has 0 radical (unpaired) electrons. The highest BCUT2D eigenvalue weighted by Crippen LogP contribution is 2.44. The maximum Gasteiger partial charge on any atom is 0.124 e. The number of nitrogens with zero attached hydrogens (tertiary/aromatic N) is 3. The van der Waals surface area contributed by atoms with Crippen molar-refractivity contribution >= 4 is 109 Å². The zero-order valence-electron chi connectivity index (χ0n) is 36.8. The monoisotopic (exact) mass is 903 g/mol. The van der Waals surface area contributed by atoms with Crippen LogP contribution in [-0.2, 0) is 0 Å². The molecular weight excluding hydrogens is 863 g/mol. The van der Waals surface area contributed by atoms with Crippen molar-refractivity contribution in [3.05, 3.63) is 249 Å². The predicted molar refractivity (Wildman–Crippen MR) is 293 cm³/mol. The first-order valence-corrected chi connectivity index (χ1v) is 24.6. The van der Waals surface area contributed by atoms with Crippen LogP contribution in [0, 0.1) is 0 Å². The van der Waals surface area contributed by atoms with Crippen LogP contribution in [0.2, 0.25) is 0 Å². The molecule has 13 rings (SSSR count). The molecule has 0 saturated carbocycles. The third kappa shape index (κ3) is 7.26. The number of thiazole rings is 1. The summed E-state index contributed by atoms with van der Waals surface area (Å²) in [4.78, 5) is 9.80. The first-order valence-electron chi connectivity index (χ1n) is 22.9. The summed E-state index contributed by atoms with van der Waals surface area (Å²) < 4.78 is 3.75. The van der Waals surface area contributed by atoms with Gasteiger partial charge < -0.3 is 9.80 Å². The number of aromatic nitrogens is 1. The topological polar surface area (TPSA) is 19.4 Å². The largest absolute Gasteiger partial charge is 0.310 e. The van der Waals surface area contributed by atoms with Gasteiger partial charge in [0.05, 0.1) is 10.2 Å². The Bertz CT molecular complexity index is 3960. The van der Waals surface area contributed by atoms with Gasteiger partial charge in [-0.05, 0) is 135 Å². The van der Waals surface area contributed by atoms with Gasteiger partial charge in [-0.3, -0.25) is 0 Å². The van der Waals surface area contributed by atoms with Gasteiger partial charge in [0.2, 0.25) is 0 Å². The Balaban J connectivity index is 0.907. The van der Waals surface area contributed by atoms with Gasteiger partial charge in [0.25, 0.3) is 0 Å². The van der Waals surface area contributed by atoms with Crippen molar-refractivity contribution in [3.63, 3.8) is 0 Å². The van der Waals surface area contributed by atoms with E-state index in [1.807, 2.05) is 11.3 Å². The van der Waals surface area contributed by atoms with Gasteiger partial charge in [-0.15, -0.1) is 22.7 Å². The summed E-state index contributed by atoms with van der Waals surface area (Å²) in [6.07, 6.45) is 0. The minimum absolute atomic E-state index is 1.00. The first kappa shape index (κ1) is 40.0. The summed E-state index contributed by atoms with van der Waals surface area (Å²) >= 11 is 3.59. The van der Waals surface area contributed by atoms with Gasteiger partial charge in [0.1, 0.15) is 5.01 Å². The Hall–Kier alpha value is -8.35. The van der Waals surface area contributed by atoms with Crippen LogP contribution in [0.4, 0.5) is 34.1 Å². The molecule has 0 atom stereocenters. The van der Waals surface area contributed by atoms with Crippen molar-refractivity contribution < 1.29 is 0 Å². The van der Waals surface area contributed by atoms with Crippen LogP contribution in [0.1, 0.15) is 0 Å². The van der Waals surface area contributed by atoms with Crippen LogP contribution in [0.15, 0.2) is 249 Å². The Morgan fingerprint density at radius 1 is 0.265 bits per heavy atom. The van der Waals surface area contributed by atoms with E-state index in [-0.39, 0.29) is 0 Å². The Morgan fingerprint density at radius 2 is 0.706 bits per heavy atom. The summed E-state index contributed by atoms with van der Waals surface area (Å²) in [5.41, 5.74) is 13.5. The number of hydrogen-bond acceptors (Lipinski definition) is 5.